The van der Waals surface area contributed by atoms with Crippen molar-refractivity contribution in [2.45, 2.75) is 31.6 Å². The average molecular weight is 865 g/mol. The lowest BCUT2D eigenvalue weighted by Crippen LogP contribution is -2.31. The molecule has 4 aromatic heterocycles. The second-order valence-electron chi connectivity index (χ2n) is 18.3. The van der Waals surface area contributed by atoms with Gasteiger partial charge in [-0.05, 0) is 66.9 Å². The Bertz CT molecular complexity index is 3720. The summed E-state index contributed by atoms with van der Waals surface area (Å²) in [4.78, 5) is 16.5. The van der Waals surface area contributed by atoms with E-state index < -0.39 is 5.41 Å². The third kappa shape index (κ3) is 5.93. The van der Waals surface area contributed by atoms with Gasteiger partial charge >= 0.3 is 0 Å². The minimum Gasteiger partial charge on any atom is -0.309 e. The van der Waals surface area contributed by atoms with E-state index in [0.29, 0.717) is 5.82 Å². The summed E-state index contributed by atoms with van der Waals surface area (Å²) in [5.41, 5.74) is 13.7. The largest absolute Gasteiger partial charge is 0.309 e. The standard InChI is InChI=1S/C61H44N4S/c1-60-35-13-12-20-42(60)21-15-27-49(60)56-57-55(47-25-8-11-30-54(47)66-57)48-26-16-36-61(2,58(48)64-56)43-22-14-19-41(37-43)59-62-50(39-17-4-3-5-18-39)38-51(63-59)40-31-33-44(34-32-40)65-52-28-9-6-23-45(52)46-24-7-10-29-53(46)65/h3-35,37-38,49H,36H2,1-2H3. The van der Waals surface area contributed by atoms with Crippen LogP contribution in [0, 0.1) is 5.41 Å². The van der Waals surface area contributed by atoms with Crippen LogP contribution in [0.1, 0.15) is 48.7 Å². The van der Waals surface area contributed by atoms with Gasteiger partial charge < -0.3 is 4.57 Å². The van der Waals surface area contributed by atoms with Gasteiger partial charge in [-0.1, -0.05) is 177 Å². The molecule has 0 radical (unpaired) electrons. The van der Waals surface area contributed by atoms with Gasteiger partial charge in [0, 0.05) is 70.9 Å². The van der Waals surface area contributed by atoms with Crippen LogP contribution in [-0.4, -0.2) is 19.5 Å². The molecule has 3 aliphatic rings. The highest BCUT2D eigenvalue weighted by Gasteiger charge is 2.42. The van der Waals surface area contributed by atoms with Crippen LogP contribution in [0.25, 0.3) is 87.6 Å². The molecule has 0 saturated heterocycles. The van der Waals surface area contributed by atoms with Crippen LogP contribution in [-0.2, 0) is 5.41 Å². The molecule has 0 spiro atoms. The number of para-hydroxylation sites is 2. The molecular weight excluding hydrogens is 821 g/mol. The second-order valence-corrected chi connectivity index (χ2v) is 19.4. The number of aromatic nitrogens is 4. The smallest absolute Gasteiger partial charge is 0.160 e. The molecule has 10 aromatic rings. The first kappa shape index (κ1) is 38.7. The van der Waals surface area contributed by atoms with Crippen molar-refractivity contribution in [3.8, 4) is 39.6 Å². The number of rotatable bonds is 6. The molecule has 3 atom stereocenters. The van der Waals surface area contributed by atoms with Gasteiger partial charge in [0.15, 0.2) is 5.82 Å². The quantitative estimate of drug-likeness (QED) is 0.167. The molecule has 4 nitrogen and oxygen atoms in total. The third-order valence-corrected chi connectivity index (χ3v) is 15.6. The molecule has 0 bridgehead atoms. The number of hydrogen-bond donors (Lipinski definition) is 0. The molecule has 13 rings (SSSR count). The summed E-state index contributed by atoms with van der Waals surface area (Å²) in [6.07, 6.45) is 21.4. The summed E-state index contributed by atoms with van der Waals surface area (Å²) < 4.78 is 4.92. The van der Waals surface area contributed by atoms with Gasteiger partial charge in [0.2, 0.25) is 0 Å². The van der Waals surface area contributed by atoms with Gasteiger partial charge in [0.25, 0.3) is 0 Å². The summed E-state index contributed by atoms with van der Waals surface area (Å²) in [6.45, 7) is 4.75. The Hall–Kier alpha value is -7.73. The van der Waals surface area contributed by atoms with E-state index in [1.165, 1.54) is 58.7 Å². The van der Waals surface area contributed by atoms with Crippen LogP contribution >= 0.6 is 11.3 Å². The Morgan fingerprint density at radius 1 is 0.606 bits per heavy atom. The number of pyridine rings is 1. The van der Waals surface area contributed by atoms with E-state index in [1.54, 1.807) is 0 Å². The van der Waals surface area contributed by atoms with Crippen LogP contribution in [0.15, 0.2) is 212 Å². The van der Waals surface area contributed by atoms with E-state index >= 15 is 0 Å². The fourth-order valence-electron chi connectivity index (χ4n) is 10.9. The van der Waals surface area contributed by atoms with Gasteiger partial charge in [-0.3, -0.25) is 4.98 Å². The highest BCUT2D eigenvalue weighted by atomic mass is 32.1. The molecule has 4 heterocycles. The van der Waals surface area contributed by atoms with E-state index in [1.807, 2.05) is 11.3 Å². The summed E-state index contributed by atoms with van der Waals surface area (Å²) in [5, 5.41) is 5.10. The van der Waals surface area contributed by atoms with Crippen LogP contribution in [0.3, 0.4) is 0 Å². The number of thiophene rings is 1. The maximum absolute atomic E-state index is 5.88. The lowest BCUT2D eigenvalue weighted by molar-refractivity contribution is 0.450. The number of hydrogen-bond acceptors (Lipinski definition) is 4. The zero-order valence-electron chi connectivity index (χ0n) is 36.7. The minimum absolute atomic E-state index is 0.0737. The van der Waals surface area contributed by atoms with E-state index in [4.69, 9.17) is 15.0 Å². The molecular formula is C61H44N4S. The maximum atomic E-state index is 5.88. The van der Waals surface area contributed by atoms with Crippen molar-refractivity contribution < 1.29 is 0 Å². The fraction of sp³-hybridized carbons (Fsp3) is 0.0984. The Labute approximate surface area is 388 Å². The molecule has 5 heteroatoms. The lowest BCUT2D eigenvalue weighted by atomic mass is 9.65. The molecule has 0 saturated carbocycles. The van der Waals surface area contributed by atoms with Crippen molar-refractivity contribution in [2.24, 2.45) is 5.41 Å². The van der Waals surface area contributed by atoms with Crippen LogP contribution in [0.5, 0.6) is 0 Å². The molecule has 6 aromatic carbocycles. The molecule has 0 amide bonds. The van der Waals surface area contributed by atoms with Crippen molar-refractivity contribution >= 4 is 59.4 Å². The fourth-order valence-corrected chi connectivity index (χ4v) is 12.2. The predicted octanol–water partition coefficient (Wildman–Crippen LogP) is 15.8. The molecule has 66 heavy (non-hydrogen) atoms. The molecule has 3 unspecified atom stereocenters. The van der Waals surface area contributed by atoms with Crippen molar-refractivity contribution in [2.75, 3.05) is 0 Å². The third-order valence-electron chi connectivity index (χ3n) is 14.4. The Morgan fingerprint density at radius 2 is 1.29 bits per heavy atom. The minimum atomic E-state index is -0.422. The number of fused-ring (bicyclic) bond motifs is 9. The maximum Gasteiger partial charge on any atom is 0.160 e. The zero-order chi connectivity index (χ0) is 44.0. The van der Waals surface area contributed by atoms with Gasteiger partial charge in [-0.25, -0.2) is 9.97 Å². The number of allylic oxidation sites excluding steroid dienone is 9. The van der Waals surface area contributed by atoms with Gasteiger partial charge in [0.1, 0.15) is 0 Å². The Balaban J connectivity index is 0.946. The van der Waals surface area contributed by atoms with E-state index in [9.17, 15) is 0 Å². The van der Waals surface area contributed by atoms with E-state index in [-0.39, 0.29) is 11.3 Å². The Morgan fingerprint density at radius 3 is 2.06 bits per heavy atom. The predicted molar refractivity (Wildman–Crippen MR) is 276 cm³/mol. The second kappa shape index (κ2) is 14.9. The summed E-state index contributed by atoms with van der Waals surface area (Å²) >= 11 is 1.88. The normalized spacial score (nSPS) is 19.7. The average Bonchev–Trinajstić information content (AvgIpc) is 3.93. The van der Waals surface area contributed by atoms with Crippen LogP contribution in [0.4, 0.5) is 0 Å². The molecule has 0 aliphatic heterocycles. The van der Waals surface area contributed by atoms with Crippen LogP contribution < -0.4 is 0 Å². The highest BCUT2D eigenvalue weighted by molar-refractivity contribution is 7.26. The van der Waals surface area contributed by atoms with Crippen molar-refractivity contribution in [3.63, 3.8) is 0 Å². The monoisotopic (exact) mass is 864 g/mol. The van der Waals surface area contributed by atoms with E-state index in [0.717, 1.165) is 51.6 Å². The lowest BCUT2D eigenvalue weighted by Gasteiger charge is -2.40. The first-order valence-electron chi connectivity index (χ1n) is 22.9. The van der Waals surface area contributed by atoms with Gasteiger partial charge in [0.05, 0.1) is 38.5 Å². The van der Waals surface area contributed by atoms with Crippen molar-refractivity contribution in [1.29, 1.82) is 0 Å². The van der Waals surface area contributed by atoms with E-state index in [2.05, 4.69) is 231 Å². The topological polar surface area (TPSA) is 43.6 Å². The summed E-state index contributed by atoms with van der Waals surface area (Å²) in [5.74, 6) is 0.768. The van der Waals surface area contributed by atoms with Crippen LogP contribution in [0.2, 0.25) is 0 Å². The van der Waals surface area contributed by atoms with Crippen molar-refractivity contribution in [1.82, 2.24) is 19.5 Å². The van der Waals surface area contributed by atoms with Gasteiger partial charge in [-0.15, -0.1) is 11.3 Å². The molecule has 0 fully saturated rings. The summed E-state index contributed by atoms with van der Waals surface area (Å²) in [6, 6.07) is 56.5. The number of benzene rings is 6. The molecule has 3 aliphatic carbocycles. The SMILES string of the molecule is CC1(c2cccc(-c3nc(-c4ccccc4)cc(-c4ccc(-n5c6ccccc6c6ccccc65)cc4)n3)c2)CC=Cc2c1nc(C1C=CC=C3C=CC=CC31C)c1sc3ccccc3c21. The van der Waals surface area contributed by atoms with Crippen molar-refractivity contribution in [3.05, 3.63) is 234 Å². The first-order valence-corrected chi connectivity index (χ1v) is 23.7. The summed E-state index contributed by atoms with van der Waals surface area (Å²) in [7, 11) is 0. The highest BCUT2D eigenvalue weighted by Crippen LogP contribution is 2.54. The molecule has 0 N–H and O–H groups in total. The molecule has 314 valence electrons. The zero-order valence-corrected chi connectivity index (χ0v) is 37.5. The number of nitrogens with zero attached hydrogens (tertiary/aromatic N) is 4. The Kier molecular flexibility index (Phi) is 8.75. The first-order chi connectivity index (χ1) is 32.4. The van der Waals surface area contributed by atoms with Gasteiger partial charge in [-0.2, -0.15) is 0 Å².